The van der Waals surface area contributed by atoms with Gasteiger partial charge in [-0.05, 0) is 30.5 Å². The molecule has 0 unspecified atom stereocenters. The Hall–Kier alpha value is -3.43. The van der Waals surface area contributed by atoms with Crippen LogP contribution in [0.5, 0.6) is 0 Å². The van der Waals surface area contributed by atoms with Gasteiger partial charge in [-0.15, -0.1) is 10.2 Å². The summed E-state index contributed by atoms with van der Waals surface area (Å²) >= 11 is 0. The molecule has 28 heavy (non-hydrogen) atoms. The van der Waals surface area contributed by atoms with Crippen LogP contribution >= 0.6 is 0 Å². The molecule has 0 amide bonds. The summed E-state index contributed by atoms with van der Waals surface area (Å²) in [6.45, 7) is 0. The molecule has 1 N–H and O–H groups in total. The van der Waals surface area contributed by atoms with Gasteiger partial charge in [-0.3, -0.25) is 0 Å². The molecule has 1 saturated carbocycles. The van der Waals surface area contributed by atoms with Gasteiger partial charge < -0.3 is 14.5 Å². The Kier molecular flexibility index (Phi) is 4.46. The van der Waals surface area contributed by atoms with E-state index in [9.17, 15) is 13.6 Å². The number of alkyl halides is 2. The van der Waals surface area contributed by atoms with Crippen LogP contribution in [0.4, 0.5) is 14.7 Å². The first kappa shape index (κ1) is 18.0. The number of methoxy groups -OCH3 is 1. The zero-order chi connectivity index (χ0) is 19.7. The summed E-state index contributed by atoms with van der Waals surface area (Å²) in [5.74, 6) is -0.822. The van der Waals surface area contributed by atoms with Gasteiger partial charge in [-0.2, -0.15) is 8.78 Å². The summed E-state index contributed by atoms with van der Waals surface area (Å²) in [5, 5.41) is 10.1. The summed E-state index contributed by atoms with van der Waals surface area (Å²) in [6, 6.07) is 7.15. The molecule has 0 saturated heterocycles. The van der Waals surface area contributed by atoms with E-state index >= 15 is 0 Å². The Bertz CT molecular complexity index is 985. The number of ether oxygens (including phenoxy) is 1. The molecule has 0 bridgehead atoms. The zero-order valence-electron chi connectivity index (χ0n) is 14.7. The number of carbonyl (C=O) groups excluding carboxylic acids is 1. The number of halogens is 2. The second-order valence-corrected chi connectivity index (χ2v) is 6.32. The smallest absolute Gasteiger partial charge is 0.337 e. The predicted octanol–water partition coefficient (Wildman–Crippen LogP) is 3.35. The predicted molar refractivity (Wildman–Crippen MR) is 92.6 cm³/mol. The van der Waals surface area contributed by atoms with Crippen molar-refractivity contribution in [3.8, 4) is 11.5 Å². The summed E-state index contributed by atoms with van der Waals surface area (Å²) in [5.41, 5.74) is 1.53. The normalized spacial score (nSPS) is 14.7. The van der Waals surface area contributed by atoms with Gasteiger partial charge in [0.15, 0.2) is 0 Å². The second kappa shape index (κ2) is 6.95. The SMILES string of the molecule is COC(=O)c1ccc(C2(Nc3ncc(-c4nnc(C(F)F)o4)cn3)CC2)cc1. The molecule has 2 heterocycles. The van der Waals surface area contributed by atoms with Crippen LogP contribution < -0.4 is 5.32 Å². The molecule has 2 aromatic heterocycles. The molecule has 1 aliphatic carbocycles. The highest BCUT2D eigenvalue weighted by molar-refractivity contribution is 5.89. The Morgan fingerprint density at radius 2 is 1.86 bits per heavy atom. The van der Waals surface area contributed by atoms with E-state index in [1.54, 1.807) is 12.1 Å². The van der Waals surface area contributed by atoms with Gasteiger partial charge >= 0.3 is 12.4 Å². The van der Waals surface area contributed by atoms with Crippen LogP contribution in [0, 0.1) is 0 Å². The van der Waals surface area contributed by atoms with Crippen LogP contribution in [0.2, 0.25) is 0 Å². The van der Waals surface area contributed by atoms with Crippen LogP contribution in [0.3, 0.4) is 0 Å². The van der Waals surface area contributed by atoms with Crippen molar-refractivity contribution in [2.45, 2.75) is 24.8 Å². The molecule has 8 nitrogen and oxygen atoms in total. The van der Waals surface area contributed by atoms with Crippen molar-refractivity contribution in [1.82, 2.24) is 20.2 Å². The summed E-state index contributed by atoms with van der Waals surface area (Å²) < 4.78 is 34.7. The van der Waals surface area contributed by atoms with Crippen molar-refractivity contribution < 1.29 is 22.7 Å². The number of anilines is 1. The molecular formula is C18H15F2N5O3. The maximum Gasteiger partial charge on any atom is 0.337 e. The summed E-state index contributed by atoms with van der Waals surface area (Å²) in [6.07, 6.45) is 1.79. The third-order valence-electron chi connectivity index (χ3n) is 4.49. The fraction of sp³-hybridized carbons (Fsp3) is 0.278. The van der Waals surface area contributed by atoms with Gasteiger partial charge in [0.05, 0.1) is 23.8 Å². The van der Waals surface area contributed by atoms with Gasteiger partial charge in [-0.1, -0.05) is 12.1 Å². The molecule has 3 aromatic rings. The van der Waals surface area contributed by atoms with Crippen LogP contribution in [0.15, 0.2) is 41.1 Å². The molecule has 4 rings (SSSR count). The number of aromatic nitrogens is 4. The molecule has 0 atom stereocenters. The van der Waals surface area contributed by atoms with Gasteiger partial charge in [0.25, 0.3) is 11.8 Å². The van der Waals surface area contributed by atoms with Crippen molar-refractivity contribution >= 4 is 11.9 Å². The van der Waals surface area contributed by atoms with Crippen LogP contribution in [0.1, 0.15) is 41.1 Å². The lowest BCUT2D eigenvalue weighted by molar-refractivity contribution is 0.0600. The van der Waals surface area contributed by atoms with E-state index in [4.69, 9.17) is 9.15 Å². The highest BCUT2D eigenvalue weighted by atomic mass is 19.3. The number of benzene rings is 1. The molecule has 1 fully saturated rings. The monoisotopic (exact) mass is 387 g/mol. The fourth-order valence-electron chi connectivity index (χ4n) is 2.81. The topological polar surface area (TPSA) is 103 Å². The molecule has 10 heteroatoms. The number of rotatable bonds is 6. The number of carbonyl (C=O) groups is 1. The lowest BCUT2D eigenvalue weighted by Gasteiger charge is -2.18. The van der Waals surface area contributed by atoms with E-state index in [2.05, 4.69) is 25.5 Å². The summed E-state index contributed by atoms with van der Waals surface area (Å²) in [7, 11) is 1.34. The van der Waals surface area contributed by atoms with Crippen molar-refractivity contribution in [3.05, 3.63) is 53.7 Å². The fourth-order valence-corrected chi connectivity index (χ4v) is 2.81. The van der Waals surface area contributed by atoms with Gasteiger partial charge in [0, 0.05) is 12.4 Å². The minimum Gasteiger partial charge on any atom is -0.465 e. The minimum atomic E-state index is -2.83. The number of hydrogen-bond acceptors (Lipinski definition) is 8. The Morgan fingerprint density at radius 1 is 1.18 bits per heavy atom. The summed E-state index contributed by atoms with van der Waals surface area (Å²) in [4.78, 5) is 20.0. The van der Waals surface area contributed by atoms with Crippen LogP contribution in [-0.4, -0.2) is 33.2 Å². The van der Waals surface area contributed by atoms with Crippen molar-refractivity contribution in [2.75, 3.05) is 12.4 Å². The molecule has 0 spiro atoms. The molecule has 0 radical (unpaired) electrons. The van der Waals surface area contributed by atoms with E-state index < -0.39 is 12.3 Å². The van der Waals surface area contributed by atoms with Gasteiger partial charge in [0.2, 0.25) is 5.95 Å². The molecule has 0 aliphatic heterocycles. The second-order valence-electron chi connectivity index (χ2n) is 6.32. The molecular weight excluding hydrogens is 372 g/mol. The first-order valence-electron chi connectivity index (χ1n) is 8.42. The Morgan fingerprint density at radius 3 is 2.39 bits per heavy atom. The van der Waals surface area contributed by atoms with E-state index in [0.717, 1.165) is 18.4 Å². The van der Waals surface area contributed by atoms with Crippen molar-refractivity contribution in [3.63, 3.8) is 0 Å². The van der Waals surface area contributed by atoms with E-state index in [-0.39, 0.29) is 17.4 Å². The average molecular weight is 387 g/mol. The molecule has 1 aliphatic rings. The third kappa shape index (κ3) is 3.40. The highest BCUT2D eigenvalue weighted by Gasteiger charge is 2.45. The largest absolute Gasteiger partial charge is 0.465 e. The molecule has 1 aromatic carbocycles. The first-order chi connectivity index (χ1) is 13.5. The van der Waals surface area contributed by atoms with Gasteiger partial charge in [0.1, 0.15) is 0 Å². The molecule has 144 valence electrons. The lowest BCUT2D eigenvalue weighted by atomic mass is 10.0. The van der Waals surface area contributed by atoms with E-state index in [0.29, 0.717) is 17.1 Å². The quantitative estimate of drug-likeness (QED) is 0.643. The lowest BCUT2D eigenvalue weighted by Crippen LogP contribution is -2.20. The van der Waals surface area contributed by atoms with Crippen LogP contribution in [0.25, 0.3) is 11.5 Å². The number of hydrogen-bond donors (Lipinski definition) is 1. The van der Waals surface area contributed by atoms with Crippen molar-refractivity contribution in [2.24, 2.45) is 0 Å². The van der Waals surface area contributed by atoms with E-state index in [1.807, 2.05) is 12.1 Å². The van der Waals surface area contributed by atoms with Crippen molar-refractivity contribution in [1.29, 1.82) is 0 Å². The Labute approximate surface area is 158 Å². The maximum absolute atomic E-state index is 12.5. The van der Waals surface area contributed by atoms with Crippen LogP contribution in [-0.2, 0) is 10.3 Å². The standard InChI is InChI=1S/C18H15F2N5O3/c1-27-16(26)10-2-4-12(5-3-10)18(6-7-18)23-17-21-8-11(9-22-17)14-24-25-15(28-14)13(19)20/h2-5,8-9,13H,6-7H2,1H3,(H,21,22,23). The Balaban J connectivity index is 1.48. The third-order valence-corrected chi connectivity index (χ3v) is 4.49. The number of nitrogens with one attached hydrogen (secondary N) is 1. The minimum absolute atomic E-state index is 0.0682. The first-order valence-corrected chi connectivity index (χ1v) is 8.42. The average Bonchev–Trinajstić information content (AvgIpc) is 3.32. The van der Waals surface area contributed by atoms with E-state index in [1.165, 1.54) is 19.5 Å². The maximum atomic E-state index is 12.5. The zero-order valence-corrected chi connectivity index (χ0v) is 14.7. The van der Waals surface area contributed by atoms with Gasteiger partial charge in [-0.25, -0.2) is 14.8 Å². The number of esters is 1. The highest BCUT2D eigenvalue weighted by Crippen LogP contribution is 2.47. The number of nitrogens with zero attached hydrogens (tertiary/aromatic N) is 4.